The molecule has 0 aliphatic heterocycles. The molecule has 1 atom stereocenters. The molecule has 0 bridgehead atoms. The van der Waals surface area contributed by atoms with Crippen molar-refractivity contribution in [2.45, 2.75) is 32.9 Å². The fraction of sp³-hybridized carbons (Fsp3) is 0.333. The van der Waals surface area contributed by atoms with Crippen molar-refractivity contribution < 1.29 is 9.53 Å². The summed E-state index contributed by atoms with van der Waals surface area (Å²) >= 11 is 0. The van der Waals surface area contributed by atoms with E-state index in [-0.39, 0.29) is 11.9 Å². The minimum absolute atomic E-state index is 0.186. The van der Waals surface area contributed by atoms with Gasteiger partial charge in [0.05, 0.1) is 6.20 Å². The lowest BCUT2D eigenvalue weighted by atomic mass is 10.3. The zero-order valence-corrected chi connectivity index (χ0v) is 11.9. The van der Waals surface area contributed by atoms with E-state index in [1.54, 1.807) is 23.9 Å². The molecule has 0 aliphatic rings. The highest BCUT2D eigenvalue weighted by molar-refractivity contribution is 5.93. The van der Waals surface area contributed by atoms with Crippen molar-refractivity contribution in [3.05, 3.63) is 42.6 Å². The van der Waals surface area contributed by atoms with E-state index >= 15 is 0 Å². The van der Waals surface area contributed by atoms with Gasteiger partial charge in [0.15, 0.2) is 6.10 Å². The lowest BCUT2D eigenvalue weighted by Crippen LogP contribution is -2.31. The predicted molar refractivity (Wildman–Crippen MR) is 77.8 cm³/mol. The molecule has 1 amide bonds. The van der Waals surface area contributed by atoms with Crippen LogP contribution < -0.4 is 10.1 Å². The maximum atomic E-state index is 12.1. The van der Waals surface area contributed by atoms with Crippen molar-refractivity contribution >= 4 is 11.7 Å². The summed E-state index contributed by atoms with van der Waals surface area (Å²) in [6, 6.07) is 11.2. The fourth-order valence-electron chi connectivity index (χ4n) is 1.81. The summed E-state index contributed by atoms with van der Waals surface area (Å²) in [5.74, 6) is 1.15. The Morgan fingerprint density at radius 3 is 2.55 bits per heavy atom. The molecule has 0 spiro atoms. The maximum absolute atomic E-state index is 12.1. The quantitative estimate of drug-likeness (QED) is 0.911. The fourth-order valence-corrected chi connectivity index (χ4v) is 1.81. The van der Waals surface area contributed by atoms with Crippen LogP contribution in [-0.4, -0.2) is 21.8 Å². The molecule has 20 heavy (non-hydrogen) atoms. The average molecular weight is 273 g/mol. The van der Waals surface area contributed by atoms with Gasteiger partial charge in [0.25, 0.3) is 5.91 Å². The van der Waals surface area contributed by atoms with Gasteiger partial charge in [-0.05, 0) is 32.9 Å². The third-order valence-corrected chi connectivity index (χ3v) is 2.84. The highest BCUT2D eigenvalue weighted by Crippen LogP contribution is 2.15. The van der Waals surface area contributed by atoms with Crippen molar-refractivity contribution in [3.63, 3.8) is 0 Å². The van der Waals surface area contributed by atoms with Gasteiger partial charge < -0.3 is 10.1 Å². The van der Waals surface area contributed by atoms with Crippen molar-refractivity contribution in [1.82, 2.24) is 9.78 Å². The van der Waals surface area contributed by atoms with E-state index in [2.05, 4.69) is 10.4 Å². The Bertz CT molecular complexity index is 564. The molecule has 0 saturated carbocycles. The second-order valence-electron chi connectivity index (χ2n) is 4.82. The number of nitrogens with one attached hydrogen (secondary N) is 1. The van der Waals surface area contributed by atoms with Gasteiger partial charge in [-0.1, -0.05) is 18.2 Å². The summed E-state index contributed by atoms with van der Waals surface area (Å²) in [7, 11) is 0. The first-order chi connectivity index (χ1) is 9.58. The Labute approximate surface area is 118 Å². The van der Waals surface area contributed by atoms with Crippen LogP contribution in [0, 0.1) is 0 Å². The Balaban J connectivity index is 1.99. The summed E-state index contributed by atoms with van der Waals surface area (Å²) < 4.78 is 7.34. The van der Waals surface area contributed by atoms with E-state index in [1.807, 2.05) is 44.2 Å². The smallest absolute Gasteiger partial charge is 0.266 e. The van der Waals surface area contributed by atoms with Crippen molar-refractivity contribution in [1.29, 1.82) is 0 Å². The zero-order chi connectivity index (χ0) is 14.5. The Hall–Kier alpha value is -2.30. The highest BCUT2D eigenvalue weighted by Gasteiger charge is 2.17. The molecule has 1 heterocycles. The van der Waals surface area contributed by atoms with Gasteiger partial charge in [-0.25, -0.2) is 4.68 Å². The lowest BCUT2D eigenvalue weighted by molar-refractivity contribution is -0.122. The second kappa shape index (κ2) is 6.23. The van der Waals surface area contributed by atoms with Crippen LogP contribution in [0.1, 0.15) is 26.8 Å². The van der Waals surface area contributed by atoms with E-state index in [0.29, 0.717) is 11.6 Å². The molecule has 0 aliphatic carbocycles. The molecule has 5 heteroatoms. The predicted octanol–water partition coefficient (Wildman–Crippen LogP) is 2.87. The van der Waals surface area contributed by atoms with Crippen LogP contribution >= 0.6 is 0 Å². The van der Waals surface area contributed by atoms with Crippen LogP contribution in [0.25, 0.3) is 0 Å². The molecule has 0 radical (unpaired) electrons. The Morgan fingerprint density at radius 2 is 1.90 bits per heavy atom. The third kappa shape index (κ3) is 3.38. The number of anilines is 1. The topological polar surface area (TPSA) is 56.1 Å². The number of amides is 1. The van der Waals surface area contributed by atoms with Gasteiger partial charge in [0, 0.05) is 12.1 Å². The van der Waals surface area contributed by atoms with Crippen LogP contribution in [0.2, 0.25) is 0 Å². The van der Waals surface area contributed by atoms with E-state index < -0.39 is 6.10 Å². The van der Waals surface area contributed by atoms with E-state index in [0.717, 1.165) is 0 Å². The second-order valence-corrected chi connectivity index (χ2v) is 4.82. The molecule has 0 fully saturated rings. The van der Waals surface area contributed by atoms with Gasteiger partial charge >= 0.3 is 0 Å². The van der Waals surface area contributed by atoms with Gasteiger partial charge in [-0.15, -0.1) is 0 Å². The summed E-state index contributed by atoms with van der Waals surface area (Å²) in [5.41, 5.74) is 0. The zero-order valence-electron chi connectivity index (χ0n) is 11.9. The summed E-state index contributed by atoms with van der Waals surface area (Å²) in [5, 5.41) is 7.00. The number of hydrogen-bond donors (Lipinski definition) is 1. The molecule has 0 saturated heterocycles. The summed E-state index contributed by atoms with van der Waals surface area (Å²) in [6.45, 7) is 5.73. The van der Waals surface area contributed by atoms with Crippen molar-refractivity contribution in [2.75, 3.05) is 5.32 Å². The largest absolute Gasteiger partial charge is 0.481 e. The van der Waals surface area contributed by atoms with Crippen LogP contribution in [-0.2, 0) is 4.79 Å². The minimum atomic E-state index is -0.576. The molecular formula is C15H19N3O2. The lowest BCUT2D eigenvalue weighted by Gasteiger charge is -2.16. The van der Waals surface area contributed by atoms with Crippen LogP contribution in [0.3, 0.4) is 0 Å². The molecule has 1 aromatic carbocycles. The SMILES string of the molecule is CC(Oc1ccccc1)C(=O)Nc1ccnn1C(C)C. The average Bonchev–Trinajstić information content (AvgIpc) is 2.88. The van der Waals surface area contributed by atoms with Crippen LogP contribution in [0.15, 0.2) is 42.6 Å². The number of aromatic nitrogens is 2. The number of carbonyl (C=O) groups is 1. The molecule has 5 nitrogen and oxygen atoms in total. The van der Waals surface area contributed by atoms with E-state index in [4.69, 9.17) is 4.74 Å². The number of hydrogen-bond acceptors (Lipinski definition) is 3. The number of ether oxygens (including phenoxy) is 1. The molecule has 1 aromatic heterocycles. The summed E-state index contributed by atoms with van der Waals surface area (Å²) in [6.07, 6.45) is 1.09. The van der Waals surface area contributed by atoms with Crippen molar-refractivity contribution in [3.8, 4) is 5.75 Å². The number of carbonyl (C=O) groups excluding carboxylic acids is 1. The number of para-hydroxylation sites is 1. The standard InChI is InChI=1S/C15H19N3O2/c1-11(2)18-14(9-10-16-18)17-15(19)12(3)20-13-7-5-4-6-8-13/h4-12H,1-3H3,(H,17,19). The first kappa shape index (κ1) is 14.1. The number of rotatable bonds is 5. The minimum Gasteiger partial charge on any atom is -0.481 e. The number of nitrogens with zero attached hydrogens (tertiary/aromatic N) is 2. The normalized spacial score (nSPS) is 12.2. The van der Waals surface area contributed by atoms with Gasteiger partial charge in [0.1, 0.15) is 11.6 Å². The number of benzene rings is 1. The van der Waals surface area contributed by atoms with Crippen LogP contribution in [0.4, 0.5) is 5.82 Å². The molecule has 1 N–H and O–H groups in total. The third-order valence-electron chi connectivity index (χ3n) is 2.84. The molecule has 106 valence electrons. The Morgan fingerprint density at radius 1 is 1.20 bits per heavy atom. The van der Waals surface area contributed by atoms with Crippen LogP contribution in [0.5, 0.6) is 5.75 Å². The molecule has 2 aromatic rings. The molecular weight excluding hydrogens is 254 g/mol. The maximum Gasteiger partial charge on any atom is 0.266 e. The molecule has 1 unspecified atom stereocenters. The summed E-state index contributed by atoms with van der Waals surface area (Å²) in [4.78, 5) is 12.1. The Kier molecular flexibility index (Phi) is 4.40. The highest BCUT2D eigenvalue weighted by atomic mass is 16.5. The van der Waals surface area contributed by atoms with E-state index in [1.165, 1.54) is 0 Å². The first-order valence-electron chi connectivity index (χ1n) is 6.64. The van der Waals surface area contributed by atoms with Gasteiger partial charge in [-0.3, -0.25) is 4.79 Å². The monoisotopic (exact) mass is 273 g/mol. The van der Waals surface area contributed by atoms with Crippen molar-refractivity contribution in [2.24, 2.45) is 0 Å². The van der Waals surface area contributed by atoms with Gasteiger partial charge in [-0.2, -0.15) is 5.10 Å². The molecule has 2 rings (SSSR count). The first-order valence-corrected chi connectivity index (χ1v) is 6.64. The van der Waals surface area contributed by atoms with E-state index in [9.17, 15) is 4.79 Å². The van der Waals surface area contributed by atoms with Gasteiger partial charge in [0.2, 0.25) is 0 Å².